The van der Waals surface area contributed by atoms with Gasteiger partial charge in [-0.2, -0.15) is 0 Å². The topological polar surface area (TPSA) is 24.4 Å². The van der Waals surface area contributed by atoms with Gasteiger partial charge >= 0.3 is 0 Å². The van der Waals surface area contributed by atoms with Crippen molar-refractivity contribution in [2.24, 2.45) is 4.99 Å². The highest BCUT2D eigenvalue weighted by Crippen LogP contribution is 2.30. The molecule has 1 N–H and O–H groups in total. The average molecular weight is 354 g/mol. The molecule has 0 radical (unpaired) electrons. The van der Waals surface area contributed by atoms with Crippen molar-refractivity contribution in [3.05, 3.63) is 107 Å². The van der Waals surface area contributed by atoms with Crippen LogP contribution in [0.3, 0.4) is 0 Å². The van der Waals surface area contributed by atoms with Crippen molar-refractivity contribution in [1.29, 1.82) is 0 Å². The average Bonchev–Trinajstić information content (AvgIpc) is 2.74. The number of aryl methyl sites for hydroxylation is 2. The van der Waals surface area contributed by atoms with Gasteiger partial charge in [-0.05, 0) is 35.6 Å². The molecule has 1 aliphatic rings. The van der Waals surface area contributed by atoms with Crippen LogP contribution >= 0.6 is 0 Å². The van der Waals surface area contributed by atoms with E-state index in [1.807, 2.05) is 0 Å². The van der Waals surface area contributed by atoms with Gasteiger partial charge in [-0.25, -0.2) is 0 Å². The predicted molar refractivity (Wildman–Crippen MR) is 113 cm³/mol. The van der Waals surface area contributed by atoms with Crippen molar-refractivity contribution in [2.45, 2.75) is 38.9 Å². The van der Waals surface area contributed by atoms with Gasteiger partial charge in [-0.15, -0.1) is 0 Å². The van der Waals surface area contributed by atoms with E-state index in [0.717, 1.165) is 12.8 Å². The number of aliphatic imine (C=N–C) groups is 1. The maximum absolute atomic E-state index is 5.09. The third kappa shape index (κ3) is 4.01. The van der Waals surface area contributed by atoms with Crippen LogP contribution in [0.25, 0.3) is 0 Å². The second kappa shape index (κ2) is 7.89. The molecule has 0 aliphatic carbocycles. The van der Waals surface area contributed by atoms with Gasteiger partial charge in [0, 0.05) is 18.2 Å². The van der Waals surface area contributed by atoms with Crippen LogP contribution in [-0.2, 0) is 6.42 Å². The predicted octanol–water partition coefficient (Wildman–Crippen LogP) is 5.78. The monoisotopic (exact) mass is 354 g/mol. The molecule has 0 amide bonds. The first-order chi connectivity index (χ1) is 13.2. The highest BCUT2D eigenvalue weighted by atomic mass is 15.1. The minimum absolute atomic E-state index is 0.0228. The fraction of sp³-hybridized carbons (Fsp3) is 0.240. The molecule has 27 heavy (non-hydrogen) atoms. The maximum Gasteiger partial charge on any atom is 0.126 e. The number of rotatable bonds is 4. The Bertz CT molecular complexity index is 909. The van der Waals surface area contributed by atoms with Crippen LogP contribution in [0.4, 0.5) is 0 Å². The fourth-order valence-electron chi connectivity index (χ4n) is 3.63. The Morgan fingerprint density at radius 3 is 2.22 bits per heavy atom. The van der Waals surface area contributed by atoms with Crippen molar-refractivity contribution in [1.82, 2.24) is 5.32 Å². The summed E-state index contributed by atoms with van der Waals surface area (Å²) in [6.07, 6.45) is 1.94. The zero-order valence-electron chi connectivity index (χ0n) is 16.0. The first-order valence-electron chi connectivity index (χ1n) is 9.76. The maximum atomic E-state index is 5.09. The molecule has 1 aliphatic heterocycles. The van der Waals surface area contributed by atoms with Crippen molar-refractivity contribution < 1.29 is 0 Å². The van der Waals surface area contributed by atoms with Gasteiger partial charge in [-0.1, -0.05) is 91.3 Å². The third-order valence-corrected chi connectivity index (χ3v) is 5.33. The molecule has 3 aromatic carbocycles. The molecule has 136 valence electrons. The Labute approximate surface area is 162 Å². The molecular weight excluding hydrogens is 328 g/mol. The fourth-order valence-corrected chi connectivity index (χ4v) is 3.63. The summed E-state index contributed by atoms with van der Waals surface area (Å²) in [5, 5.41) is 3.74. The number of nitrogens with one attached hydrogen (secondary N) is 1. The summed E-state index contributed by atoms with van der Waals surface area (Å²) in [5.74, 6) is 0. The number of benzene rings is 3. The Kier molecular flexibility index (Phi) is 5.17. The summed E-state index contributed by atoms with van der Waals surface area (Å²) >= 11 is 0. The highest BCUT2D eigenvalue weighted by molar-refractivity contribution is 6.01. The van der Waals surface area contributed by atoms with Gasteiger partial charge in [0.05, 0.1) is 0 Å². The minimum atomic E-state index is -0.0228. The van der Waals surface area contributed by atoms with Gasteiger partial charge in [0.2, 0.25) is 0 Å². The Balaban J connectivity index is 1.71. The summed E-state index contributed by atoms with van der Waals surface area (Å²) in [5.41, 5.74) is 7.56. The quantitative estimate of drug-likeness (QED) is 0.631. The van der Waals surface area contributed by atoms with Crippen molar-refractivity contribution >= 4 is 5.71 Å². The lowest BCUT2D eigenvalue weighted by Crippen LogP contribution is -2.33. The first kappa shape index (κ1) is 17.7. The Morgan fingerprint density at radius 2 is 1.56 bits per heavy atom. The molecule has 0 saturated heterocycles. The summed E-state index contributed by atoms with van der Waals surface area (Å²) in [6, 6.07) is 28.5. The van der Waals surface area contributed by atoms with Crippen LogP contribution in [0.5, 0.6) is 0 Å². The van der Waals surface area contributed by atoms with E-state index in [1.165, 1.54) is 33.5 Å². The second-order valence-corrected chi connectivity index (χ2v) is 7.27. The second-order valence-electron chi connectivity index (χ2n) is 7.27. The normalized spacial score (nSPS) is 19.6. The lowest BCUT2D eigenvalue weighted by atomic mass is 9.93. The molecule has 4 rings (SSSR count). The van der Waals surface area contributed by atoms with Gasteiger partial charge in [-0.3, -0.25) is 10.3 Å². The van der Waals surface area contributed by atoms with Crippen molar-refractivity contribution in [3.63, 3.8) is 0 Å². The minimum Gasteiger partial charge on any atom is -0.285 e. The van der Waals surface area contributed by atoms with Crippen LogP contribution in [-0.4, -0.2) is 5.71 Å². The standard InChI is InChI=1S/C25H26N2/c1-3-19-11-15-21(16-12-19)24-17-23(20-7-5-4-6-8-20)26-25(27-24)22-13-9-18(2)10-14-22/h4-16,23,25-26H,3,17H2,1-2H3. The Morgan fingerprint density at radius 1 is 0.852 bits per heavy atom. The molecular formula is C25H26N2. The van der Waals surface area contributed by atoms with Crippen molar-refractivity contribution in [3.8, 4) is 0 Å². The number of nitrogens with zero attached hydrogens (tertiary/aromatic N) is 1. The molecule has 2 unspecified atom stereocenters. The highest BCUT2D eigenvalue weighted by Gasteiger charge is 2.25. The van der Waals surface area contributed by atoms with E-state index in [2.05, 4.69) is 98.0 Å². The van der Waals surface area contributed by atoms with E-state index in [4.69, 9.17) is 4.99 Å². The van der Waals surface area contributed by atoms with Gasteiger partial charge in [0.15, 0.2) is 0 Å². The zero-order valence-corrected chi connectivity index (χ0v) is 16.0. The first-order valence-corrected chi connectivity index (χ1v) is 9.76. The molecule has 2 heteroatoms. The molecule has 0 aromatic heterocycles. The SMILES string of the molecule is CCc1ccc(C2=NC(c3ccc(C)cc3)NC(c3ccccc3)C2)cc1. The van der Waals surface area contributed by atoms with Crippen LogP contribution in [0.2, 0.25) is 0 Å². The molecule has 0 bridgehead atoms. The summed E-state index contributed by atoms with van der Waals surface area (Å²) in [6.45, 7) is 4.31. The molecule has 3 aromatic rings. The van der Waals surface area contributed by atoms with E-state index >= 15 is 0 Å². The lowest BCUT2D eigenvalue weighted by Gasteiger charge is -2.30. The summed E-state index contributed by atoms with van der Waals surface area (Å²) < 4.78 is 0. The van der Waals surface area contributed by atoms with E-state index in [1.54, 1.807) is 0 Å². The van der Waals surface area contributed by atoms with E-state index in [9.17, 15) is 0 Å². The van der Waals surface area contributed by atoms with Gasteiger partial charge in [0.25, 0.3) is 0 Å². The third-order valence-electron chi connectivity index (χ3n) is 5.33. The van der Waals surface area contributed by atoms with Gasteiger partial charge in [0.1, 0.15) is 6.17 Å². The molecule has 2 nitrogen and oxygen atoms in total. The smallest absolute Gasteiger partial charge is 0.126 e. The lowest BCUT2D eigenvalue weighted by molar-refractivity contribution is 0.442. The molecule has 0 spiro atoms. The molecule has 1 heterocycles. The zero-order chi connectivity index (χ0) is 18.6. The molecule has 2 atom stereocenters. The molecule has 0 fully saturated rings. The van der Waals surface area contributed by atoms with Crippen LogP contribution in [0.1, 0.15) is 53.4 Å². The van der Waals surface area contributed by atoms with E-state index < -0.39 is 0 Å². The van der Waals surface area contributed by atoms with Gasteiger partial charge < -0.3 is 0 Å². The number of hydrogen-bond acceptors (Lipinski definition) is 2. The van der Waals surface area contributed by atoms with E-state index in [-0.39, 0.29) is 12.2 Å². The van der Waals surface area contributed by atoms with Crippen LogP contribution in [0, 0.1) is 6.92 Å². The number of hydrogen-bond donors (Lipinski definition) is 1. The largest absolute Gasteiger partial charge is 0.285 e. The van der Waals surface area contributed by atoms with Crippen molar-refractivity contribution in [2.75, 3.05) is 0 Å². The van der Waals surface area contributed by atoms with Crippen LogP contribution in [0.15, 0.2) is 83.9 Å². The summed E-state index contributed by atoms with van der Waals surface area (Å²) in [7, 11) is 0. The van der Waals surface area contributed by atoms with E-state index in [0.29, 0.717) is 0 Å². The Hall–Kier alpha value is -2.71. The summed E-state index contributed by atoms with van der Waals surface area (Å²) in [4.78, 5) is 5.09. The molecule has 0 saturated carbocycles. The van der Waals surface area contributed by atoms with Crippen LogP contribution < -0.4 is 5.32 Å².